The standard InChI is InChI=1S/C14H16N2O4/c1-9-13(14(19)16(9)20-10(2)17)15-12(18)8-11-6-4-3-5-7-11/h3-7,9,13H,8H2,1-2H3,(H,15,18)/t9-,13-/m0/s1. The molecule has 2 amide bonds. The molecule has 0 aliphatic carbocycles. The summed E-state index contributed by atoms with van der Waals surface area (Å²) in [5, 5.41) is 3.63. The van der Waals surface area contributed by atoms with Gasteiger partial charge >= 0.3 is 5.97 Å². The van der Waals surface area contributed by atoms with E-state index < -0.39 is 17.9 Å². The van der Waals surface area contributed by atoms with Gasteiger partial charge in [-0.05, 0) is 12.5 Å². The highest BCUT2D eigenvalue weighted by Crippen LogP contribution is 2.20. The molecule has 2 rings (SSSR count). The number of amides is 2. The lowest BCUT2D eigenvalue weighted by molar-refractivity contribution is -0.228. The zero-order valence-electron chi connectivity index (χ0n) is 11.3. The van der Waals surface area contributed by atoms with Gasteiger partial charge in [-0.2, -0.15) is 5.06 Å². The number of nitrogens with zero attached hydrogens (tertiary/aromatic N) is 1. The van der Waals surface area contributed by atoms with Crippen molar-refractivity contribution in [1.29, 1.82) is 0 Å². The number of carbonyl (C=O) groups is 3. The van der Waals surface area contributed by atoms with Crippen LogP contribution in [0.2, 0.25) is 0 Å². The first-order valence-corrected chi connectivity index (χ1v) is 6.34. The van der Waals surface area contributed by atoms with Crippen molar-refractivity contribution in [3.63, 3.8) is 0 Å². The van der Waals surface area contributed by atoms with Crippen LogP contribution in [-0.2, 0) is 25.6 Å². The van der Waals surface area contributed by atoms with Gasteiger partial charge in [-0.15, -0.1) is 0 Å². The van der Waals surface area contributed by atoms with Gasteiger partial charge < -0.3 is 10.2 Å². The van der Waals surface area contributed by atoms with Gasteiger partial charge in [-0.1, -0.05) is 30.3 Å². The summed E-state index contributed by atoms with van der Waals surface area (Å²) in [6.07, 6.45) is 0.213. The third-order valence-corrected chi connectivity index (χ3v) is 3.09. The zero-order valence-corrected chi connectivity index (χ0v) is 11.3. The first-order chi connectivity index (χ1) is 9.49. The van der Waals surface area contributed by atoms with E-state index in [2.05, 4.69) is 5.32 Å². The van der Waals surface area contributed by atoms with Crippen molar-refractivity contribution in [3.05, 3.63) is 35.9 Å². The molecule has 1 saturated heterocycles. The van der Waals surface area contributed by atoms with Crippen molar-refractivity contribution in [3.8, 4) is 0 Å². The number of nitrogens with one attached hydrogen (secondary N) is 1. The average molecular weight is 276 g/mol. The second-order valence-corrected chi connectivity index (χ2v) is 4.70. The van der Waals surface area contributed by atoms with E-state index in [1.54, 1.807) is 6.92 Å². The summed E-state index contributed by atoms with van der Waals surface area (Å²) in [5.74, 6) is -1.20. The first-order valence-electron chi connectivity index (χ1n) is 6.34. The Balaban J connectivity index is 1.87. The van der Waals surface area contributed by atoms with Crippen LogP contribution in [0.15, 0.2) is 30.3 Å². The van der Waals surface area contributed by atoms with Crippen LogP contribution < -0.4 is 5.32 Å². The van der Waals surface area contributed by atoms with Crippen LogP contribution in [0.3, 0.4) is 0 Å². The van der Waals surface area contributed by atoms with Gasteiger partial charge in [0.15, 0.2) is 0 Å². The van der Waals surface area contributed by atoms with E-state index in [-0.39, 0.29) is 18.4 Å². The fraction of sp³-hybridized carbons (Fsp3) is 0.357. The molecule has 1 N–H and O–H groups in total. The smallest absolute Gasteiger partial charge is 0.329 e. The number of hydrogen-bond acceptors (Lipinski definition) is 4. The third kappa shape index (κ3) is 2.96. The van der Waals surface area contributed by atoms with E-state index in [0.29, 0.717) is 0 Å². The molecule has 1 aromatic carbocycles. The molecular formula is C14H16N2O4. The molecule has 20 heavy (non-hydrogen) atoms. The Morgan fingerprint density at radius 2 is 1.95 bits per heavy atom. The molecule has 0 aromatic heterocycles. The summed E-state index contributed by atoms with van der Waals surface area (Å²) in [4.78, 5) is 39.1. The maximum atomic E-state index is 11.8. The van der Waals surface area contributed by atoms with Crippen molar-refractivity contribution in [1.82, 2.24) is 10.4 Å². The Morgan fingerprint density at radius 3 is 2.50 bits per heavy atom. The lowest BCUT2D eigenvalue weighted by atomic mass is 9.99. The zero-order chi connectivity index (χ0) is 14.7. The molecule has 0 unspecified atom stereocenters. The second-order valence-electron chi connectivity index (χ2n) is 4.70. The van der Waals surface area contributed by atoms with Crippen molar-refractivity contribution >= 4 is 17.8 Å². The van der Waals surface area contributed by atoms with Gasteiger partial charge in [0.05, 0.1) is 12.5 Å². The van der Waals surface area contributed by atoms with Crippen LogP contribution in [0, 0.1) is 0 Å². The van der Waals surface area contributed by atoms with Crippen molar-refractivity contribution in [2.24, 2.45) is 0 Å². The minimum absolute atomic E-state index is 0.213. The SMILES string of the molecule is CC(=O)ON1C(=O)[C@@H](NC(=O)Cc2ccccc2)[C@@H]1C. The molecule has 6 heteroatoms. The summed E-state index contributed by atoms with van der Waals surface area (Å²) in [6.45, 7) is 2.93. The lowest BCUT2D eigenvalue weighted by Crippen LogP contribution is -2.69. The predicted octanol–water partition coefficient (Wildman–Crippen LogP) is 0.423. The normalized spacial score (nSPS) is 21.1. The topological polar surface area (TPSA) is 75.7 Å². The number of carbonyl (C=O) groups excluding carboxylic acids is 3. The van der Waals surface area contributed by atoms with Gasteiger partial charge in [-0.3, -0.25) is 14.4 Å². The highest BCUT2D eigenvalue weighted by molar-refractivity contribution is 5.93. The average Bonchev–Trinajstić information content (AvgIpc) is 2.43. The molecule has 1 aromatic rings. The highest BCUT2D eigenvalue weighted by Gasteiger charge is 2.48. The monoisotopic (exact) mass is 276 g/mol. The minimum Gasteiger partial charge on any atom is -0.342 e. The van der Waals surface area contributed by atoms with E-state index >= 15 is 0 Å². The Kier molecular flexibility index (Phi) is 4.02. The Bertz CT molecular complexity index is 529. The molecule has 106 valence electrons. The number of hydrogen-bond donors (Lipinski definition) is 1. The van der Waals surface area contributed by atoms with Gasteiger partial charge in [-0.25, -0.2) is 0 Å². The fourth-order valence-corrected chi connectivity index (χ4v) is 2.05. The maximum absolute atomic E-state index is 11.8. The summed E-state index contributed by atoms with van der Waals surface area (Å²) in [7, 11) is 0. The molecule has 1 aliphatic rings. The number of hydroxylamine groups is 2. The Hall–Kier alpha value is -2.37. The molecule has 0 bridgehead atoms. The van der Waals surface area contributed by atoms with Crippen molar-refractivity contribution in [2.75, 3.05) is 0 Å². The van der Waals surface area contributed by atoms with Crippen molar-refractivity contribution < 1.29 is 19.2 Å². The van der Waals surface area contributed by atoms with Crippen LogP contribution >= 0.6 is 0 Å². The number of rotatable bonds is 4. The number of benzene rings is 1. The van der Waals surface area contributed by atoms with Crippen LogP contribution in [-0.4, -0.2) is 34.9 Å². The quantitative estimate of drug-likeness (QED) is 0.809. The first kappa shape index (κ1) is 14.0. The van der Waals surface area contributed by atoms with Crippen LogP contribution in [0.5, 0.6) is 0 Å². The van der Waals surface area contributed by atoms with E-state index in [9.17, 15) is 14.4 Å². The molecule has 6 nitrogen and oxygen atoms in total. The highest BCUT2D eigenvalue weighted by atomic mass is 16.7. The number of β-lactam (4-membered cyclic amide) rings is 1. The molecule has 0 radical (unpaired) electrons. The van der Waals surface area contributed by atoms with Gasteiger partial charge in [0.1, 0.15) is 6.04 Å². The van der Waals surface area contributed by atoms with Crippen LogP contribution in [0.1, 0.15) is 19.4 Å². The minimum atomic E-state index is -0.634. The lowest BCUT2D eigenvalue weighted by Gasteiger charge is -2.42. The third-order valence-electron chi connectivity index (χ3n) is 3.09. The summed E-state index contributed by atoms with van der Waals surface area (Å²) < 4.78 is 0. The van der Waals surface area contributed by atoms with Gasteiger partial charge in [0, 0.05) is 6.92 Å². The Labute approximate surface area is 116 Å². The summed E-state index contributed by atoms with van der Waals surface area (Å²) in [5.41, 5.74) is 0.876. The van der Waals surface area contributed by atoms with E-state index in [4.69, 9.17) is 4.84 Å². The van der Waals surface area contributed by atoms with E-state index in [0.717, 1.165) is 10.6 Å². The van der Waals surface area contributed by atoms with E-state index in [1.807, 2.05) is 30.3 Å². The van der Waals surface area contributed by atoms with Crippen LogP contribution in [0.4, 0.5) is 0 Å². The molecule has 1 heterocycles. The molecule has 2 atom stereocenters. The fourth-order valence-electron chi connectivity index (χ4n) is 2.05. The summed E-state index contributed by atoms with van der Waals surface area (Å²) >= 11 is 0. The Morgan fingerprint density at radius 1 is 1.30 bits per heavy atom. The largest absolute Gasteiger partial charge is 0.342 e. The molecule has 0 saturated carbocycles. The maximum Gasteiger partial charge on any atom is 0.329 e. The molecule has 1 fully saturated rings. The van der Waals surface area contributed by atoms with E-state index in [1.165, 1.54) is 6.92 Å². The van der Waals surface area contributed by atoms with Gasteiger partial charge in [0.2, 0.25) is 5.91 Å². The molecule has 1 aliphatic heterocycles. The van der Waals surface area contributed by atoms with Crippen LogP contribution in [0.25, 0.3) is 0 Å². The predicted molar refractivity (Wildman–Crippen MR) is 70.2 cm³/mol. The molecule has 0 spiro atoms. The van der Waals surface area contributed by atoms with Crippen molar-refractivity contribution in [2.45, 2.75) is 32.4 Å². The summed E-state index contributed by atoms with van der Waals surface area (Å²) in [6, 6.07) is 8.27. The van der Waals surface area contributed by atoms with Gasteiger partial charge in [0.25, 0.3) is 5.91 Å². The molecular weight excluding hydrogens is 260 g/mol. The second kappa shape index (κ2) is 5.73.